The molecule has 1 fully saturated rings. The van der Waals surface area contributed by atoms with Crippen LogP contribution in [0.25, 0.3) is 6.08 Å². The van der Waals surface area contributed by atoms with E-state index in [4.69, 9.17) is 16.3 Å². The number of hydrogen-bond acceptors (Lipinski definition) is 7. The Balaban J connectivity index is 1.92. The molecule has 1 aromatic heterocycles. The molecule has 10 nitrogen and oxygen atoms in total. The second-order valence-electron chi connectivity index (χ2n) is 7.98. The smallest absolute Gasteiger partial charge is 0.331 e. The standard InChI is InChI=1S/C18H25ClN4O6S/c1-11-13(16(19)23(22-11)12-7-8-30(27,28)10-12)5-6-15(25)29-9-14(24)20-17(26)21-18(2,3)4/h5-6,12H,7-10H2,1-4H3,(H2,20,21,24,26). The number of imide groups is 1. The largest absolute Gasteiger partial charge is 0.452 e. The average molecular weight is 461 g/mol. The molecule has 0 radical (unpaired) electrons. The number of esters is 1. The zero-order valence-corrected chi connectivity index (χ0v) is 18.8. The highest BCUT2D eigenvalue weighted by Crippen LogP contribution is 2.30. The number of sulfone groups is 1. The molecule has 1 aromatic rings. The minimum Gasteiger partial charge on any atom is -0.452 e. The first-order valence-corrected chi connectivity index (χ1v) is 11.4. The summed E-state index contributed by atoms with van der Waals surface area (Å²) in [7, 11) is -3.10. The number of urea groups is 1. The molecule has 2 N–H and O–H groups in total. The van der Waals surface area contributed by atoms with Gasteiger partial charge in [-0.25, -0.2) is 22.7 Å². The van der Waals surface area contributed by atoms with Gasteiger partial charge in [0.1, 0.15) is 5.15 Å². The second kappa shape index (κ2) is 9.17. The maximum absolute atomic E-state index is 11.9. The van der Waals surface area contributed by atoms with E-state index in [0.29, 0.717) is 17.7 Å². The van der Waals surface area contributed by atoms with Crippen LogP contribution in [0.4, 0.5) is 4.79 Å². The number of halogens is 1. The first kappa shape index (κ1) is 23.9. The fourth-order valence-corrected chi connectivity index (χ4v) is 4.87. The van der Waals surface area contributed by atoms with Crippen molar-refractivity contribution in [2.45, 2.75) is 45.7 Å². The summed E-state index contributed by atoms with van der Waals surface area (Å²) < 4.78 is 29.6. The van der Waals surface area contributed by atoms with Crippen molar-refractivity contribution in [2.24, 2.45) is 0 Å². The lowest BCUT2D eigenvalue weighted by Gasteiger charge is -2.20. The zero-order chi connectivity index (χ0) is 22.7. The number of nitrogens with zero attached hydrogens (tertiary/aromatic N) is 2. The molecule has 0 aliphatic carbocycles. The van der Waals surface area contributed by atoms with Crippen LogP contribution in [0.1, 0.15) is 44.5 Å². The maximum Gasteiger partial charge on any atom is 0.331 e. The number of carbonyl (C=O) groups is 3. The summed E-state index contributed by atoms with van der Waals surface area (Å²) in [4.78, 5) is 35.1. The first-order chi connectivity index (χ1) is 13.8. The van der Waals surface area contributed by atoms with Crippen LogP contribution in [-0.4, -0.2) is 59.8 Å². The van der Waals surface area contributed by atoms with Crippen LogP contribution in [-0.2, 0) is 24.2 Å². The molecule has 12 heteroatoms. The molecule has 2 heterocycles. The minimum atomic E-state index is -3.10. The Morgan fingerprint density at radius 1 is 1.33 bits per heavy atom. The van der Waals surface area contributed by atoms with Crippen molar-refractivity contribution in [1.82, 2.24) is 20.4 Å². The number of aromatic nitrogens is 2. The van der Waals surface area contributed by atoms with Gasteiger partial charge in [-0.3, -0.25) is 10.1 Å². The van der Waals surface area contributed by atoms with E-state index in [1.165, 1.54) is 10.8 Å². The summed E-state index contributed by atoms with van der Waals surface area (Å²) in [5.41, 5.74) is 0.450. The quantitative estimate of drug-likeness (QED) is 0.500. The Hall–Kier alpha value is -2.40. The summed E-state index contributed by atoms with van der Waals surface area (Å²) in [5.74, 6) is -1.53. The third kappa shape index (κ3) is 6.84. The normalized spacial score (nSPS) is 18.4. The molecule has 1 atom stereocenters. The van der Waals surface area contributed by atoms with E-state index < -0.39 is 39.9 Å². The summed E-state index contributed by atoms with van der Waals surface area (Å²) in [5, 5.41) is 9.09. The Morgan fingerprint density at radius 2 is 2.00 bits per heavy atom. The number of hydrogen-bond donors (Lipinski definition) is 2. The number of amides is 3. The van der Waals surface area contributed by atoms with Crippen molar-refractivity contribution in [3.05, 3.63) is 22.5 Å². The first-order valence-electron chi connectivity index (χ1n) is 9.19. The topological polar surface area (TPSA) is 136 Å². The van der Waals surface area contributed by atoms with Crippen LogP contribution < -0.4 is 10.6 Å². The lowest BCUT2D eigenvalue weighted by Crippen LogP contribution is -2.49. The number of carbonyl (C=O) groups excluding carboxylic acids is 3. The van der Waals surface area contributed by atoms with Crippen molar-refractivity contribution >= 4 is 45.4 Å². The number of nitrogens with one attached hydrogen (secondary N) is 2. The fraction of sp³-hybridized carbons (Fsp3) is 0.556. The van der Waals surface area contributed by atoms with Crippen molar-refractivity contribution in [1.29, 1.82) is 0 Å². The fourth-order valence-electron chi connectivity index (χ4n) is 2.80. The van der Waals surface area contributed by atoms with Crippen LogP contribution in [0.15, 0.2) is 6.08 Å². The van der Waals surface area contributed by atoms with Crippen molar-refractivity contribution < 1.29 is 27.5 Å². The molecule has 1 unspecified atom stereocenters. The van der Waals surface area contributed by atoms with Crippen LogP contribution in [0.5, 0.6) is 0 Å². The Bertz CT molecular complexity index is 978. The van der Waals surface area contributed by atoms with Gasteiger partial charge in [0, 0.05) is 17.2 Å². The molecule has 3 amide bonds. The Labute approximate surface area is 179 Å². The molecule has 0 aromatic carbocycles. The van der Waals surface area contributed by atoms with Gasteiger partial charge < -0.3 is 10.1 Å². The molecule has 1 saturated heterocycles. The van der Waals surface area contributed by atoms with E-state index in [1.54, 1.807) is 27.7 Å². The summed E-state index contributed by atoms with van der Waals surface area (Å²) in [6, 6.07) is -1.04. The van der Waals surface area contributed by atoms with Gasteiger partial charge in [-0.1, -0.05) is 11.6 Å². The monoisotopic (exact) mass is 460 g/mol. The second-order valence-corrected chi connectivity index (χ2v) is 10.6. The Morgan fingerprint density at radius 3 is 2.57 bits per heavy atom. The molecule has 166 valence electrons. The minimum absolute atomic E-state index is 0.0308. The van der Waals surface area contributed by atoms with Gasteiger partial charge in [-0.2, -0.15) is 5.10 Å². The molecular formula is C18H25ClN4O6S. The number of ether oxygens (including phenoxy) is 1. The van der Waals surface area contributed by atoms with E-state index >= 15 is 0 Å². The highest BCUT2D eigenvalue weighted by molar-refractivity contribution is 7.91. The van der Waals surface area contributed by atoms with Gasteiger partial charge in [0.15, 0.2) is 16.4 Å². The highest BCUT2D eigenvalue weighted by Gasteiger charge is 2.31. The summed E-state index contributed by atoms with van der Waals surface area (Å²) in [6.07, 6.45) is 2.89. The van der Waals surface area contributed by atoms with E-state index in [9.17, 15) is 22.8 Å². The predicted octanol–water partition coefficient (Wildman–Crippen LogP) is 1.39. The van der Waals surface area contributed by atoms with Gasteiger partial charge in [-0.05, 0) is 40.2 Å². The van der Waals surface area contributed by atoms with E-state index in [0.717, 1.165) is 6.08 Å². The molecule has 1 aliphatic rings. The molecule has 0 saturated carbocycles. The number of rotatable bonds is 5. The highest BCUT2D eigenvalue weighted by atomic mass is 35.5. The predicted molar refractivity (Wildman–Crippen MR) is 111 cm³/mol. The van der Waals surface area contributed by atoms with E-state index in [-0.39, 0.29) is 22.7 Å². The lowest BCUT2D eigenvalue weighted by atomic mass is 10.1. The summed E-state index contributed by atoms with van der Waals surface area (Å²) >= 11 is 6.32. The van der Waals surface area contributed by atoms with Gasteiger partial charge in [-0.15, -0.1) is 0 Å². The molecule has 0 spiro atoms. The van der Waals surface area contributed by atoms with E-state index in [2.05, 4.69) is 15.7 Å². The van der Waals surface area contributed by atoms with Crippen molar-refractivity contribution in [3.8, 4) is 0 Å². The molecule has 2 rings (SSSR count). The molecule has 0 bridgehead atoms. The van der Waals surface area contributed by atoms with Crippen LogP contribution in [0, 0.1) is 6.92 Å². The lowest BCUT2D eigenvalue weighted by molar-refractivity contribution is -0.143. The SMILES string of the molecule is Cc1nn(C2CCS(=O)(=O)C2)c(Cl)c1C=CC(=O)OCC(=O)NC(=O)NC(C)(C)C. The Kier molecular flexibility index (Phi) is 7.30. The van der Waals surface area contributed by atoms with E-state index in [1.807, 2.05) is 0 Å². The van der Waals surface area contributed by atoms with Gasteiger partial charge in [0.25, 0.3) is 5.91 Å². The zero-order valence-electron chi connectivity index (χ0n) is 17.2. The third-order valence-corrected chi connectivity index (χ3v) is 6.23. The molecular weight excluding hydrogens is 436 g/mol. The van der Waals surface area contributed by atoms with Crippen molar-refractivity contribution in [2.75, 3.05) is 18.1 Å². The van der Waals surface area contributed by atoms with Gasteiger partial charge in [0.2, 0.25) is 0 Å². The average Bonchev–Trinajstić information content (AvgIpc) is 3.08. The molecule has 1 aliphatic heterocycles. The molecule has 30 heavy (non-hydrogen) atoms. The van der Waals surface area contributed by atoms with Gasteiger partial charge >= 0.3 is 12.0 Å². The number of aryl methyl sites for hydroxylation is 1. The third-order valence-electron chi connectivity index (χ3n) is 4.10. The van der Waals surface area contributed by atoms with Crippen LogP contribution >= 0.6 is 11.6 Å². The van der Waals surface area contributed by atoms with Crippen molar-refractivity contribution in [3.63, 3.8) is 0 Å². The van der Waals surface area contributed by atoms with Crippen LogP contribution in [0.3, 0.4) is 0 Å². The summed E-state index contributed by atoms with van der Waals surface area (Å²) in [6.45, 7) is 6.30. The van der Waals surface area contributed by atoms with Crippen LogP contribution in [0.2, 0.25) is 5.15 Å². The maximum atomic E-state index is 11.9. The van der Waals surface area contributed by atoms with Gasteiger partial charge in [0.05, 0.1) is 23.2 Å².